The molecule has 0 aliphatic heterocycles. The fraction of sp³-hybridized carbons (Fsp3) is 0.0833. The van der Waals surface area contributed by atoms with E-state index in [1.807, 2.05) is 49.6 Å². The van der Waals surface area contributed by atoms with Crippen molar-refractivity contribution in [2.75, 3.05) is 5.32 Å². The summed E-state index contributed by atoms with van der Waals surface area (Å²) < 4.78 is 3.19. The molecule has 9 nitrogen and oxygen atoms in total. The molecule has 0 radical (unpaired) electrons. The third-order valence-corrected chi connectivity index (χ3v) is 5.05. The highest BCUT2D eigenvalue weighted by Gasteiger charge is 2.07. The maximum atomic E-state index is 12.4. The lowest BCUT2D eigenvalue weighted by Crippen LogP contribution is -2.22. The number of nitrogens with one attached hydrogen (secondary N) is 1. The van der Waals surface area contributed by atoms with E-state index < -0.39 is 0 Å². The van der Waals surface area contributed by atoms with Gasteiger partial charge in [0.25, 0.3) is 5.56 Å². The molecule has 4 aromatic heterocycles. The second kappa shape index (κ2) is 8.83. The van der Waals surface area contributed by atoms with E-state index in [-0.39, 0.29) is 5.56 Å². The summed E-state index contributed by atoms with van der Waals surface area (Å²) in [5.74, 6) is 0.481. The van der Waals surface area contributed by atoms with Crippen LogP contribution in [0.1, 0.15) is 5.56 Å². The highest BCUT2D eigenvalue weighted by molar-refractivity contribution is 5.61. The maximum absolute atomic E-state index is 12.4. The molecule has 162 valence electrons. The summed E-state index contributed by atoms with van der Waals surface area (Å²) in [5, 5.41) is 11.9. The third-order valence-electron chi connectivity index (χ3n) is 5.05. The number of pyridine rings is 1. The lowest BCUT2D eigenvalue weighted by atomic mass is 10.2. The van der Waals surface area contributed by atoms with E-state index in [0.717, 1.165) is 27.9 Å². The van der Waals surface area contributed by atoms with E-state index >= 15 is 0 Å². The maximum Gasteiger partial charge on any atom is 0.267 e. The number of aromatic nitrogens is 7. The van der Waals surface area contributed by atoms with Crippen molar-refractivity contribution in [1.82, 2.24) is 34.5 Å². The molecule has 0 bridgehead atoms. The van der Waals surface area contributed by atoms with Crippen molar-refractivity contribution in [3.05, 3.63) is 102 Å². The fourth-order valence-corrected chi connectivity index (χ4v) is 3.40. The zero-order chi connectivity index (χ0) is 22.6. The normalized spacial score (nSPS) is 10.8. The fourth-order valence-electron chi connectivity index (χ4n) is 3.40. The van der Waals surface area contributed by atoms with Crippen molar-refractivity contribution in [3.8, 4) is 22.4 Å². The number of rotatable bonds is 6. The topological polar surface area (TPSA) is 103 Å². The van der Waals surface area contributed by atoms with Crippen LogP contribution in [0.3, 0.4) is 0 Å². The largest absolute Gasteiger partial charge is 0.324 e. The summed E-state index contributed by atoms with van der Waals surface area (Å²) in [4.78, 5) is 25.2. The van der Waals surface area contributed by atoms with Gasteiger partial charge >= 0.3 is 0 Å². The van der Waals surface area contributed by atoms with Gasteiger partial charge in [-0.3, -0.25) is 14.5 Å². The molecular weight excluding hydrogens is 416 g/mol. The first kappa shape index (κ1) is 20.3. The summed E-state index contributed by atoms with van der Waals surface area (Å²) in [6, 6.07) is 14.7. The minimum Gasteiger partial charge on any atom is -0.324 e. The van der Waals surface area contributed by atoms with Gasteiger partial charge in [0.1, 0.15) is 0 Å². The minimum atomic E-state index is -0.166. The second-order valence-corrected chi connectivity index (χ2v) is 7.47. The van der Waals surface area contributed by atoms with Gasteiger partial charge in [-0.05, 0) is 35.9 Å². The smallest absolute Gasteiger partial charge is 0.267 e. The minimum absolute atomic E-state index is 0.166. The van der Waals surface area contributed by atoms with E-state index in [0.29, 0.717) is 18.2 Å². The molecule has 0 atom stereocenters. The number of nitrogens with zero attached hydrogens (tertiary/aromatic N) is 7. The van der Waals surface area contributed by atoms with E-state index in [2.05, 4.69) is 30.5 Å². The molecular formula is C24H20N8O. The van der Waals surface area contributed by atoms with Crippen molar-refractivity contribution >= 4 is 11.6 Å². The van der Waals surface area contributed by atoms with Crippen LogP contribution in [0.15, 0.2) is 90.5 Å². The average Bonchev–Trinajstić information content (AvgIpc) is 3.28. The average molecular weight is 436 g/mol. The molecule has 33 heavy (non-hydrogen) atoms. The third kappa shape index (κ3) is 4.67. The Balaban J connectivity index is 1.33. The van der Waals surface area contributed by atoms with E-state index in [4.69, 9.17) is 0 Å². The van der Waals surface area contributed by atoms with Gasteiger partial charge < -0.3 is 5.32 Å². The first-order valence-electron chi connectivity index (χ1n) is 10.3. The van der Waals surface area contributed by atoms with Crippen molar-refractivity contribution in [2.24, 2.45) is 7.05 Å². The van der Waals surface area contributed by atoms with Gasteiger partial charge in [0, 0.05) is 66.5 Å². The molecule has 0 amide bonds. The van der Waals surface area contributed by atoms with Gasteiger partial charge in [-0.2, -0.15) is 10.2 Å². The quantitative estimate of drug-likeness (QED) is 0.436. The summed E-state index contributed by atoms with van der Waals surface area (Å²) in [6.45, 7) is 0.341. The van der Waals surface area contributed by atoms with Gasteiger partial charge in [-0.1, -0.05) is 12.1 Å². The molecule has 4 heterocycles. The van der Waals surface area contributed by atoms with Gasteiger partial charge in [0.05, 0.1) is 18.4 Å². The Hall–Kier alpha value is -4.66. The van der Waals surface area contributed by atoms with Crippen LogP contribution >= 0.6 is 0 Å². The van der Waals surface area contributed by atoms with Crippen molar-refractivity contribution < 1.29 is 0 Å². The van der Waals surface area contributed by atoms with E-state index in [9.17, 15) is 4.79 Å². The summed E-state index contributed by atoms with van der Waals surface area (Å²) in [6.07, 6.45) is 10.6. The van der Waals surface area contributed by atoms with Gasteiger partial charge in [-0.25, -0.2) is 14.6 Å². The highest BCUT2D eigenvalue weighted by atomic mass is 16.1. The van der Waals surface area contributed by atoms with Gasteiger partial charge in [-0.15, -0.1) is 0 Å². The molecule has 0 fully saturated rings. The number of hydrogen-bond acceptors (Lipinski definition) is 7. The Morgan fingerprint density at radius 1 is 0.909 bits per heavy atom. The Morgan fingerprint density at radius 2 is 1.73 bits per heavy atom. The lowest BCUT2D eigenvalue weighted by molar-refractivity contribution is 0.643. The standard InChI is InChI=1S/C24H20N8O/c1-31-16-20(14-28-31)19-12-26-24(27-13-19)29-21-4-2-3-17(11-21)15-32-23(33)6-5-22(30-32)18-7-9-25-10-8-18/h2-14,16H,15H2,1H3,(H,26,27,29). The lowest BCUT2D eigenvalue weighted by Gasteiger charge is -2.10. The van der Waals surface area contributed by atoms with Crippen molar-refractivity contribution in [3.63, 3.8) is 0 Å². The Morgan fingerprint density at radius 3 is 2.48 bits per heavy atom. The second-order valence-electron chi connectivity index (χ2n) is 7.47. The molecule has 0 aliphatic rings. The van der Waals surface area contributed by atoms with Crippen LogP contribution < -0.4 is 10.9 Å². The molecule has 5 aromatic rings. The van der Waals surface area contributed by atoms with Gasteiger partial charge in [0.2, 0.25) is 5.95 Å². The molecule has 0 unspecified atom stereocenters. The summed E-state index contributed by atoms with van der Waals surface area (Å²) in [5.41, 5.74) is 5.04. The zero-order valence-electron chi connectivity index (χ0n) is 17.8. The monoisotopic (exact) mass is 436 g/mol. The summed E-state index contributed by atoms with van der Waals surface area (Å²) >= 11 is 0. The number of anilines is 2. The number of aryl methyl sites for hydroxylation is 1. The Labute approximate surface area is 189 Å². The van der Waals surface area contributed by atoms with Crippen LogP contribution in [0.5, 0.6) is 0 Å². The van der Waals surface area contributed by atoms with Gasteiger partial charge in [0.15, 0.2) is 0 Å². The molecule has 0 saturated carbocycles. The van der Waals surface area contributed by atoms with Crippen LogP contribution in [-0.2, 0) is 13.6 Å². The number of benzene rings is 1. The van der Waals surface area contributed by atoms with Crippen molar-refractivity contribution in [1.29, 1.82) is 0 Å². The molecule has 1 aromatic carbocycles. The van der Waals surface area contributed by atoms with Crippen LogP contribution in [0.4, 0.5) is 11.6 Å². The zero-order valence-corrected chi connectivity index (χ0v) is 17.8. The van der Waals surface area contributed by atoms with Crippen LogP contribution in [-0.4, -0.2) is 34.5 Å². The molecule has 1 N–H and O–H groups in total. The SMILES string of the molecule is Cn1cc(-c2cnc(Nc3cccc(Cn4nc(-c5ccncc5)ccc4=O)c3)nc2)cn1. The van der Waals surface area contributed by atoms with E-state index in [1.165, 1.54) is 10.7 Å². The molecule has 5 rings (SSSR count). The van der Waals surface area contributed by atoms with Crippen LogP contribution in [0.25, 0.3) is 22.4 Å². The molecule has 0 saturated heterocycles. The molecule has 9 heteroatoms. The van der Waals surface area contributed by atoms with Crippen LogP contribution in [0.2, 0.25) is 0 Å². The first-order chi connectivity index (χ1) is 16.1. The highest BCUT2D eigenvalue weighted by Crippen LogP contribution is 2.19. The number of hydrogen-bond donors (Lipinski definition) is 1. The molecule has 0 spiro atoms. The van der Waals surface area contributed by atoms with Crippen molar-refractivity contribution in [2.45, 2.75) is 6.54 Å². The molecule has 0 aliphatic carbocycles. The Bertz CT molecular complexity index is 1440. The first-order valence-corrected chi connectivity index (χ1v) is 10.3. The summed E-state index contributed by atoms with van der Waals surface area (Å²) in [7, 11) is 1.87. The van der Waals surface area contributed by atoms with Crippen LogP contribution in [0, 0.1) is 0 Å². The predicted molar refractivity (Wildman–Crippen MR) is 125 cm³/mol. The van der Waals surface area contributed by atoms with E-state index in [1.54, 1.807) is 41.7 Å². The Kier molecular flexibility index (Phi) is 5.42. The predicted octanol–water partition coefficient (Wildman–Crippen LogP) is 3.29.